The summed E-state index contributed by atoms with van der Waals surface area (Å²) in [6.45, 7) is 5.06. The molecule has 0 spiro atoms. The van der Waals surface area contributed by atoms with Crippen LogP contribution in [0.15, 0.2) is 24.3 Å². The van der Waals surface area contributed by atoms with Crippen molar-refractivity contribution in [2.45, 2.75) is 32.7 Å². The number of amides is 1. The van der Waals surface area contributed by atoms with Crippen LogP contribution in [-0.2, 0) is 0 Å². The van der Waals surface area contributed by atoms with Crippen LogP contribution in [0.1, 0.15) is 34.6 Å². The Balaban J connectivity index is 0.00000208. The molecule has 5 nitrogen and oxygen atoms in total. The number of benzene rings is 1. The van der Waals surface area contributed by atoms with Gasteiger partial charge in [0.15, 0.2) is 0 Å². The molecule has 7 heteroatoms. The SMILES string of the molecule is Cc1nn(-c2ccc(F)cc2)c(C)c1C(=O)N1CCC(N)CC1.Cl. The second kappa shape index (κ2) is 7.32. The fourth-order valence-corrected chi connectivity index (χ4v) is 3.05. The van der Waals surface area contributed by atoms with E-state index in [9.17, 15) is 9.18 Å². The Bertz CT molecular complexity index is 721. The summed E-state index contributed by atoms with van der Waals surface area (Å²) < 4.78 is 14.8. The molecule has 1 fully saturated rings. The number of carbonyl (C=O) groups excluding carboxylic acids is 1. The summed E-state index contributed by atoms with van der Waals surface area (Å²) in [6, 6.07) is 6.27. The van der Waals surface area contributed by atoms with E-state index < -0.39 is 0 Å². The molecule has 1 aliphatic rings. The van der Waals surface area contributed by atoms with E-state index in [1.807, 2.05) is 18.7 Å². The third-order valence-electron chi connectivity index (χ3n) is 4.40. The summed E-state index contributed by atoms with van der Waals surface area (Å²) in [5.41, 5.74) is 8.73. The Morgan fingerprint density at radius 3 is 2.38 bits per heavy atom. The van der Waals surface area contributed by atoms with E-state index in [1.54, 1.807) is 16.8 Å². The highest BCUT2D eigenvalue weighted by atomic mass is 35.5. The Kier molecular flexibility index (Phi) is 5.62. The van der Waals surface area contributed by atoms with Crippen molar-refractivity contribution in [3.05, 3.63) is 47.0 Å². The van der Waals surface area contributed by atoms with Gasteiger partial charge >= 0.3 is 0 Å². The van der Waals surface area contributed by atoms with Crippen LogP contribution in [0.3, 0.4) is 0 Å². The molecule has 24 heavy (non-hydrogen) atoms. The zero-order chi connectivity index (χ0) is 16.6. The Morgan fingerprint density at radius 2 is 1.79 bits per heavy atom. The predicted octanol–water partition coefficient (Wildman–Crippen LogP) is 2.61. The van der Waals surface area contributed by atoms with Gasteiger partial charge < -0.3 is 10.6 Å². The lowest BCUT2D eigenvalue weighted by Gasteiger charge is -2.30. The molecule has 1 aliphatic heterocycles. The van der Waals surface area contributed by atoms with Crippen LogP contribution >= 0.6 is 12.4 Å². The molecule has 0 bridgehead atoms. The molecule has 1 aromatic carbocycles. The Labute approximate surface area is 147 Å². The molecule has 0 aliphatic carbocycles. The van der Waals surface area contributed by atoms with Gasteiger partial charge in [0, 0.05) is 19.1 Å². The van der Waals surface area contributed by atoms with Crippen molar-refractivity contribution in [2.24, 2.45) is 5.73 Å². The summed E-state index contributed by atoms with van der Waals surface area (Å²) in [5, 5.41) is 4.46. The second-order valence-corrected chi connectivity index (χ2v) is 6.06. The van der Waals surface area contributed by atoms with Crippen molar-refractivity contribution in [3.8, 4) is 5.69 Å². The molecule has 1 aromatic heterocycles. The quantitative estimate of drug-likeness (QED) is 0.903. The van der Waals surface area contributed by atoms with Gasteiger partial charge in [-0.2, -0.15) is 5.10 Å². The molecular formula is C17H22ClFN4O. The first-order valence-electron chi connectivity index (χ1n) is 7.84. The first-order valence-corrected chi connectivity index (χ1v) is 7.84. The van der Waals surface area contributed by atoms with Gasteiger partial charge in [-0.25, -0.2) is 9.07 Å². The fraction of sp³-hybridized carbons (Fsp3) is 0.412. The number of nitrogens with two attached hydrogens (primary N) is 1. The maximum absolute atomic E-state index is 13.1. The molecule has 2 N–H and O–H groups in total. The van der Waals surface area contributed by atoms with E-state index in [0.29, 0.717) is 24.3 Å². The number of hydrogen-bond acceptors (Lipinski definition) is 3. The zero-order valence-electron chi connectivity index (χ0n) is 13.8. The van der Waals surface area contributed by atoms with Crippen molar-refractivity contribution in [2.75, 3.05) is 13.1 Å². The van der Waals surface area contributed by atoms with Crippen molar-refractivity contribution in [1.82, 2.24) is 14.7 Å². The summed E-state index contributed by atoms with van der Waals surface area (Å²) in [5.74, 6) is -0.295. The molecule has 1 amide bonds. The van der Waals surface area contributed by atoms with Crippen molar-refractivity contribution < 1.29 is 9.18 Å². The average Bonchev–Trinajstić information content (AvgIpc) is 2.83. The highest BCUT2D eigenvalue weighted by molar-refractivity contribution is 5.96. The van der Waals surface area contributed by atoms with Crippen LogP contribution in [0, 0.1) is 19.7 Å². The number of halogens is 2. The molecule has 1 saturated heterocycles. The molecule has 0 unspecified atom stereocenters. The third kappa shape index (κ3) is 3.44. The molecule has 2 aromatic rings. The van der Waals surface area contributed by atoms with Gasteiger partial charge in [-0.05, 0) is 51.0 Å². The minimum Gasteiger partial charge on any atom is -0.338 e. The second-order valence-electron chi connectivity index (χ2n) is 6.06. The standard InChI is InChI=1S/C17H21FN4O.ClH/c1-11-16(17(23)21-9-7-14(19)8-10-21)12(2)22(20-11)15-5-3-13(18)4-6-15;/h3-6,14H,7-10,19H2,1-2H3;1H. The smallest absolute Gasteiger partial charge is 0.257 e. The number of nitrogens with zero attached hydrogens (tertiary/aromatic N) is 3. The fourth-order valence-electron chi connectivity index (χ4n) is 3.05. The Hall–Kier alpha value is -1.92. The van der Waals surface area contributed by atoms with Crippen LogP contribution in [0.4, 0.5) is 4.39 Å². The number of aromatic nitrogens is 2. The van der Waals surface area contributed by atoms with Crippen LogP contribution in [0.5, 0.6) is 0 Å². The van der Waals surface area contributed by atoms with E-state index in [1.165, 1.54) is 12.1 Å². The van der Waals surface area contributed by atoms with Gasteiger partial charge in [0.2, 0.25) is 0 Å². The summed E-state index contributed by atoms with van der Waals surface area (Å²) in [7, 11) is 0. The maximum atomic E-state index is 13.1. The minimum atomic E-state index is -0.295. The summed E-state index contributed by atoms with van der Waals surface area (Å²) in [6.07, 6.45) is 1.66. The number of carbonyl (C=O) groups is 1. The lowest BCUT2D eigenvalue weighted by molar-refractivity contribution is 0.0713. The van der Waals surface area contributed by atoms with Gasteiger partial charge in [-0.15, -0.1) is 12.4 Å². The number of hydrogen-bond donors (Lipinski definition) is 1. The normalized spacial score (nSPS) is 15.2. The largest absolute Gasteiger partial charge is 0.338 e. The van der Waals surface area contributed by atoms with Crippen molar-refractivity contribution in [1.29, 1.82) is 0 Å². The van der Waals surface area contributed by atoms with E-state index in [2.05, 4.69) is 5.10 Å². The molecule has 0 radical (unpaired) electrons. The lowest BCUT2D eigenvalue weighted by Crippen LogP contribution is -2.43. The first-order chi connectivity index (χ1) is 11.0. The molecule has 0 saturated carbocycles. The highest BCUT2D eigenvalue weighted by Gasteiger charge is 2.26. The number of likely N-dealkylation sites (tertiary alicyclic amines) is 1. The van der Waals surface area contributed by atoms with Crippen molar-refractivity contribution >= 4 is 18.3 Å². The van der Waals surface area contributed by atoms with Gasteiger partial charge in [0.05, 0.1) is 22.6 Å². The molecule has 130 valence electrons. The van der Waals surface area contributed by atoms with E-state index in [-0.39, 0.29) is 30.2 Å². The summed E-state index contributed by atoms with van der Waals surface area (Å²) in [4.78, 5) is 14.7. The highest BCUT2D eigenvalue weighted by Crippen LogP contribution is 2.21. The van der Waals surface area contributed by atoms with E-state index in [0.717, 1.165) is 24.2 Å². The van der Waals surface area contributed by atoms with E-state index >= 15 is 0 Å². The van der Waals surface area contributed by atoms with Crippen LogP contribution < -0.4 is 5.73 Å². The van der Waals surface area contributed by atoms with Gasteiger partial charge in [0.1, 0.15) is 5.82 Å². The lowest BCUT2D eigenvalue weighted by atomic mass is 10.0. The minimum absolute atomic E-state index is 0. The topological polar surface area (TPSA) is 64.2 Å². The average molecular weight is 353 g/mol. The van der Waals surface area contributed by atoms with Crippen LogP contribution in [-0.4, -0.2) is 39.7 Å². The predicted molar refractivity (Wildman–Crippen MR) is 93.4 cm³/mol. The van der Waals surface area contributed by atoms with Crippen LogP contribution in [0.25, 0.3) is 5.69 Å². The number of piperidine rings is 1. The molecular weight excluding hydrogens is 331 g/mol. The maximum Gasteiger partial charge on any atom is 0.257 e. The van der Waals surface area contributed by atoms with Crippen molar-refractivity contribution in [3.63, 3.8) is 0 Å². The summed E-state index contributed by atoms with van der Waals surface area (Å²) >= 11 is 0. The Morgan fingerprint density at radius 1 is 1.21 bits per heavy atom. The van der Waals surface area contributed by atoms with E-state index in [4.69, 9.17) is 5.73 Å². The molecule has 0 atom stereocenters. The molecule has 3 rings (SSSR count). The third-order valence-corrected chi connectivity index (χ3v) is 4.40. The first kappa shape index (κ1) is 18.4. The monoisotopic (exact) mass is 352 g/mol. The van der Waals surface area contributed by atoms with Gasteiger partial charge in [-0.3, -0.25) is 4.79 Å². The number of rotatable bonds is 2. The number of aryl methyl sites for hydroxylation is 1. The van der Waals surface area contributed by atoms with Crippen LogP contribution in [0.2, 0.25) is 0 Å². The zero-order valence-corrected chi connectivity index (χ0v) is 14.6. The van der Waals surface area contributed by atoms with Gasteiger partial charge in [0.25, 0.3) is 5.91 Å². The molecule has 2 heterocycles. The van der Waals surface area contributed by atoms with Gasteiger partial charge in [-0.1, -0.05) is 0 Å².